The Morgan fingerprint density at radius 3 is 2.48 bits per heavy atom. The van der Waals surface area contributed by atoms with Crippen LogP contribution in [-0.2, 0) is 21.2 Å². The van der Waals surface area contributed by atoms with Crippen LogP contribution in [0.1, 0.15) is 11.3 Å². The number of sulfonamides is 1. The third-order valence-electron chi connectivity index (χ3n) is 4.62. The van der Waals surface area contributed by atoms with Crippen molar-refractivity contribution in [3.8, 4) is 11.1 Å². The van der Waals surface area contributed by atoms with Crippen LogP contribution in [0.3, 0.4) is 0 Å². The molecule has 0 spiro atoms. The van der Waals surface area contributed by atoms with Gasteiger partial charge >= 0.3 is 0 Å². The van der Waals surface area contributed by atoms with Gasteiger partial charge in [-0.25, -0.2) is 18.1 Å². The monoisotopic (exact) mass is 460 g/mol. The minimum absolute atomic E-state index is 0.0109. The fraction of sp³-hybridized carbons (Fsp3) is 0.200. The Balaban J connectivity index is 1.74. The number of aryl methyl sites for hydroxylation is 1. The maximum Gasteiger partial charge on any atom is 0.270 e. The van der Waals surface area contributed by atoms with Crippen LogP contribution < -0.4 is 9.62 Å². The summed E-state index contributed by atoms with van der Waals surface area (Å²) >= 11 is 0.930. The molecule has 0 aliphatic carbocycles. The van der Waals surface area contributed by atoms with Gasteiger partial charge in [0.2, 0.25) is 5.91 Å². The number of nitro groups is 1. The number of anilines is 1. The number of benzene rings is 2. The van der Waals surface area contributed by atoms with Crippen molar-refractivity contribution in [3.05, 3.63) is 69.9 Å². The van der Waals surface area contributed by atoms with Crippen LogP contribution in [0.5, 0.6) is 0 Å². The third-order valence-corrected chi connectivity index (χ3v) is 7.87. The first-order valence-electron chi connectivity index (χ1n) is 9.13. The normalized spacial score (nSPS) is 11.3. The van der Waals surface area contributed by atoms with E-state index in [-0.39, 0.29) is 22.2 Å². The first-order chi connectivity index (χ1) is 14.6. The summed E-state index contributed by atoms with van der Waals surface area (Å²) < 4.78 is 26.4. The highest BCUT2D eigenvalue weighted by Crippen LogP contribution is 2.29. The number of likely N-dealkylation sites (N-methyl/N-ethyl adjacent to an activating group) is 1. The first-order valence-corrected chi connectivity index (χ1v) is 11.4. The van der Waals surface area contributed by atoms with Crippen LogP contribution in [0.25, 0.3) is 11.1 Å². The van der Waals surface area contributed by atoms with Gasteiger partial charge in [0, 0.05) is 19.2 Å². The molecule has 2 aromatic carbocycles. The van der Waals surface area contributed by atoms with Crippen molar-refractivity contribution in [2.24, 2.45) is 0 Å². The quantitative estimate of drug-likeness (QED) is 0.427. The number of hydrogen-bond donors (Lipinski definition) is 1. The Bertz CT molecular complexity index is 1240. The summed E-state index contributed by atoms with van der Waals surface area (Å²) in [6, 6.07) is 13.5. The number of carbonyl (C=O) groups excluding carboxylic acids is 1. The van der Waals surface area contributed by atoms with Gasteiger partial charge in [-0.2, -0.15) is 0 Å². The van der Waals surface area contributed by atoms with Gasteiger partial charge in [-0.3, -0.25) is 19.8 Å². The molecule has 0 radical (unpaired) electrons. The van der Waals surface area contributed by atoms with Gasteiger partial charge in [0.25, 0.3) is 15.7 Å². The van der Waals surface area contributed by atoms with E-state index in [2.05, 4.69) is 9.71 Å². The number of hydrogen-bond acceptors (Lipinski definition) is 7. The zero-order chi connectivity index (χ0) is 22.8. The SMILES string of the molecule is CNS(=O)(=O)c1sc(N(C)C(=O)Cc2ccc(-c3cccc([N+](=O)[O-])c3)cc2)nc1C. The Hall–Kier alpha value is -3.15. The highest BCUT2D eigenvalue weighted by molar-refractivity contribution is 7.91. The number of aromatic nitrogens is 1. The molecule has 0 aliphatic heterocycles. The van der Waals surface area contributed by atoms with Crippen molar-refractivity contribution in [1.29, 1.82) is 0 Å². The predicted octanol–water partition coefficient (Wildman–Crippen LogP) is 3.14. The number of nitrogens with zero attached hydrogens (tertiary/aromatic N) is 3. The summed E-state index contributed by atoms with van der Waals surface area (Å²) in [5.74, 6) is -0.245. The summed E-state index contributed by atoms with van der Waals surface area (Å²) in [5, 5.41) is 11.3. The minimum Gasteiger partial charge on any atom is -0.291 e. The molecule has 1 aromatic heterocycles. The molecule has 9 nitrogen and oxygen atoms in total. The van der Waals surface area contributed by atoms with Crippen molar-refractivity contribution in [2.75, 3.05) is 19.0 Å². The second-order valence-corrected chi connectivity index (χ2v) is 9.77. The molecule has 11 heteroatoms. The van der Waals surface area contributed by atoms with Gasteiger partial charge in [0.15, 0.2) is 9.34 Å². The summed E-state index contributed by atoms with van der Waals surface area (Å²) in [5.41, 5.74) is 2.60. The maximum atomic E-state index is 12.7. The summed E-state index contributed by atoms with van der Waals surface area (Å²) in [4.78, 5) is 28.7. The molecule has 0 atom stereocenters. The fourth-order valence-electron chi connectivity index (χ4n) is 2.87. The highest BCUT2D eigenvalue weighted by atomic mass is 32.2. The standard InChI is InChI=1S/C20H20N4O5S2/c1-13-19(31(28,29)21-2)30-20(22-13)23(3)18(25)11-14-7-9-15(10-8-14)16-5-4-6-17(12-16)24(26)27/h4-10,12,21H,11H2,1-3H3. The van der Waals surface area contributed by atoms with Gasteiger partial charge in [-0.05, 0) is 30.7 Å². The summed E-state index contributed by atoms with van der Waals surface area (Å²) in [6.07, 6.45) is 0.0957. The van der Waals surface area contributed by atoms with Crippen LogP contribution in [0.15, 0.2) is 52.7 Å². The van der Waals surface area contributed by atoms with Crippen molar-refractivity contribution in [2.45, 2.75) is 17.6 Å². The van der Waals surface area contributed by atoms with E-state index in [1.807, 2.05) is 0 Å². The Morgan fingerprint density at radius 1 is 1.19 bits per heavy atom. The van der Waals surface area contributed by atoms with Crippen molar-refractivity contribution >= 4 is 38.1 Å². The lowest BCUT2D eigenvalue weighted by Gasteiger charge is -2.14. The molecule has 1 N–H and O–H groups in total. The molecule has 31 heavy (non-hydrogen) atoms. The summed E-state index contributed by atoms with van der Waals surface area (Å²) in [7, 11) is -0.771. The Morgan fingerprint density at radius 2 is 1.87 bits per heavy atom. The second-order valence-electron chi connectivity index (χ2n) is 6.71. The van der Waals surface area contributed by atoms with Gasteiger partial charge < -0.3 is 0 Å². The van der Waals surface area contributed by atoms with E-state index in [1.54, 1.807) is 50.4 Å². The molecular formula is C20H20N4O5S2. The Kier molecular flexibility index (Phi) is 6.48. The van der Waals surface area contributed by atoms with Gasteiger partial charge in [0.1, 0.15) is 0 Å². The van der Waals surface area contributed by atoms with Gasteiger partial charge in [-0.1, -0.05) is 47.7 Å². The molecule has 3 aromatic rings. The lowest BCUT2D eigenvalue weighted by atomic mass is 10.0. The molecule has 3 rings (SSSR count). The average molecular weight is 461 g/mol. The van der Waals surface area contributed by atoms with Gasteiger partial charge in [0.05, 0.1) is 17.0 Å². The van der Waals surface area contributed by atoms with E-state index in [4.69, 9.17) is 0 Å². The zero-order valence-corrected chi connectivity index (χ0v) is 18.7. The average Bonchev–Trinajstić information content (AvgIpc) is 3.16. The van der Waals surface area contributed by atoms with Crippen LogP contribution >= 0.6 is 11.3 Å². The van der Waals surface area contributed by atoms with Crippen molar-refractivity contribution in [3.63, 3.8) is 0 Å². The largest absolute Gasteiger partial charge is 0.291 e. The van der Waals surface area contributed by atoms with Crippen molar-refractivity contribution in [1.82, 2.24) is 9.71 Å². The van der Waals surface area contributed by atoms with E-state index in [9.17, 15) is 23.3 Å². The Labute approximate surface area is 183 Å². The topological polar surface area (TPSA) is 123 Å². The van der Waals surface area contributed by atoms with E-state index in [1.165, 1.54) is 24.1 Å². The van der Waals surface area contributed by atoms with Crippen LogP contribution in [0, 0.1) is 17.0 Å². The molecular weight excluding hydrogens is 440 g/mol. The van der Waals surface area contributed by atoms with E-state index < -0.39 is 14.9 Å². The predicted molar refractivity (Wildman–Crippen MR) is 119 cm³/mol. The number of amides is 1. The smallest absolute Gasteiger partial charge is 0.270 e. The lowest BCUT2D eigenvalue weighted by molar-refractivity contribution is -0.384. The number of nitro benzene ring substituents is 1. The van der Waals surface area contributed by atoms with Crippen LogP contribution in [0.4, 0.5) is 10.8 Å². The highest BCUT2D eigenvalue weighted by Gasteiger charge is 2.23. The van der Waals surface area contributed by atoms with Crippen LogP contribution in [-0.4, -0.2) is 38.3 Å². The molecule has 1 amide bonds. The van der Waals surface area contributed by atoms with Crippen molar-refractivity contribution < 1.29 is 18.1 Å². The molecule has 1 heterocycles. The maximum absolute atomic E-state index is 12.7. The number of nitrogens with one attached hydrogen (secondary N) is 1. The number of non-ortho nitro benzene ring substituents is 1. The molecule has 0 saturated heterocycles. The minimum atomic E-state index is -3.64. The lowest BCUT2D eigenvalue weighted by Crippen LogP contribution is -2.27. The van der Waals surface area contributed by atoms with E-state index in [0.29, 0.717) is 16.4 Å². The molecule has 0 fully saturated rings. The molecule has 0 saturated carbocycles. The first kappa shape index (κ1) is 22.5. The zero-order valence-electron chi connectivity index (χ0n) is 17.0. The third kappa shape index (κ3) is 4.95. The second kappa shape index (κ2) is 8.92. The number of rotatable bonds is 7. The van der Waals surface area contributed by atoms with E-state index in [0.717, 1.165) is 22.5 Å². The number of thiazole rings is 1. The summed E-state index contributed by atoms with van der Waals surface area (Å²) in [6.45, 7) is 1.58. The van der Waals surface area contributed by atoms with Gasteiger partial charge in [-0.15, -0.1) is 0 Å². The molecule has 0 bridgehead atoms. The van der Waals surface area contributed by atoms with E-state index >= 15 is 0 Å². The molecule has 0 aliphatic rings. The number of carbonyl (C=O) groups is 1. The van der Waals surface area contributed by atoms with Crippen LogP contribution in [0.2, 0.25) is 0 Å². The molecule has 0 unspecified atom stereocenters. The molecule has 162 valence electrons. The fourth-order valence-corrected chi connectivity index (χ4v) is 5.18.